The molecule has 0 N–H and O–H groups in total. The molecule has 0 unspecified atom stereocenters. The molecule has 0 aliphatic heterocycles. The largest absolute Gasteiger partial charge is 0.256 e. The number of hydrogen-bond acceptors (Lipinski definition) is 1. The van der Waals surface area contributed by atoms with Crippen molar-refractivity contribution in [3.8, 4) is 11.3 Å². The van der Waals surface area contributed by atoms with Crippen LogP contribution in [0.1, 0.15) is 30.9 Å². The molecule has 1 nitrogen and oxygen atoms in total. The van der Waals surface area contributed by atoms with Crippen LogP contribution in [0.2, 0.25) is 0 Å². The first kappa shape index (κ1) is 13.8. The van der Waals surface area contributed by atoms with Gasteiger partial charge in [-0.1, -0.05) is 55.8 Å². The van der Waals surface area contributed by atoms with Gasteiger partial charge >= 0.3 is 0 Å². The molecule has 3 aromatic rings. The summed E-state index contributed by atoms with van der Waals surface area (Å²) in [5, 5.41) is 2.48. The molecule has 3 rings (SSSR count). The summed E-state index contributed by atoms with van der Waals surface area (Å²) < 4.78 is 0. The van der Waals surface area contributed by atoms with Gasteiger partial charge in [-0.05, 0) is 42.3 Å². The number of hydrogen-bond donors (Lipinski definition) is 0. The first-order valence-electron chi connectivity index (χ1n) is 7.74. The molecular formula is C20H21N. The van der Waals surface area contributed by atoms with Crippen LogP contribution in [-0.4, -0.2) is 4.98 Å². The summed E-state index contributed by atoms with van der Waals surface area (Å²) in [6.07, 6.45) is 5.54. The van der Waals surface area contributed by atoms with Crippen molar-refractivity contribution in [1.29, 1.82) is 0 Å². The second kappa shape index (κ2) is 6.09. The Morgan fingerprint density at radius 1 is 0.952 bits per heavy atom. The lowest BCUT2D eigenvalue weighted by atomic mass is 9.94. The van der Waals surface area contributed by atoms with E-state index >= 15 is 0 Å². The Balaban J connectivity index is 2.15. The van der Waals surface area contributed by atoms with Crippen molar-refractivity contribution in [2.75, 3.05) is 0 Å². The van der Waals surface area contributed by atoms with Gasteiger partial charge in [-0.25, -0.2) is 0 Å². The Bertz CT molecular complexity index is 753. The Morgan fingerprint density at radius 2 is 1.81 bits per heavy atom. The van der Waals surface area contributed by atoms with Crippen molar-refractivity contribution < 1.29 is 0 Å². The van der Waals surface area contributed by atoms with Gasteiger partial charge in [-0.3, -0.25) is 4.98 Å². The molecule has 0 saturated heterocycles. The number of aromatic nitrogens is 1. The third-order valence-corrected chi connectivity index (χ3v) is 4.17. The predicted molar refractivity (Wildman–Crippen MR) is 90.5 cm³/mol. The van der Waals surface area contributed by atoms with E-state index in [1.807, 2.05) is 6.20 Å². The number of nitrogens with zero attached hydrogens (tertiary/aromatic N) is 1. The van der Waals surface area contributed by atoms with Crippen molar-refractivity contribution in [2.24, 2.45) is 0 Å². The fourth-order valence-corrected chi connectivity index (χ4v) is 2.91. The van der Waals surface area contributed by atoms with Crippen LogP contribution in [0.4, 0.5) is 0 Å². The van der Waals surface area contributed by atoms with E-state index in [1.54, 1.807) is 0 Å². The molecule has 0 aliphatic rings. The molecule has 21 heavy (non-hydrogen) atoms. The van der Waals surface area contributed by atoms with Crippen LogP contribution in [-0.2, 0) is 6.42 Å². The molecule has 2 aromatic carbocycles. The van der Waals surface area contributed by atoms with Crippen molar-refractivity contribution in [3.63, 3.8) is 0 Å². The highest BCUT2D eigenvalue weighted by molar-refractivity contribution is 5.95. The molecule has 0 radical (unpaired) electrons. The van der Waals surface area contributed by atoms with Gasteiger partial charge in [-0.15, -0.1) is 0 Å². The van der Waals surface area contributed by atoms with E-state index in [0.29, 0.717) is 0 Å². The maximum Gasteiger partial charge on any atom is 0.0783 e. The van der Waals surface area contributed by atoms with Crippen LogP contribution in [0.15, 0.2) is 54.7 Å². The first-order valence-corrected chi connectivity index (χ1v) is 7.74. The molecule has 0 saturated carbocycles. The SMILES string of the molecule is CCCCc1cccc(-c2nccc3ccccc23)c1C. The van der Waals surface area contributed by atoms with Crippen LogP contribution >= 0.6 is 0 Å². The fourth-order valence-electron chi connectivity index (χ4n) is 2.91. The van der Waals surface area contributed by atoms with E-state index in [4.69, 9.17) is 0 Å². The minimum Gasteiger partial charge on any atom is -0.256 e. The maximum absolute atomic E-state index is 4.66. The molecule has 1 heterocycles. The molecule has 106 valence electrons. The molecule has 0 fully saturated rings. The highest BCUT2D eigenvalue weighted by Gasteiger charge is 2.10. The van der Waals surface area contributed by atoms with Gasteiger partial charge in [-0.2, -0.15) is 0 Å². The summed E-state index contributed by atoms with van der Waals surface area (Å²) >= 11 is 0. The normalized spacial score (nSPS) is 11.0. The van der Waals surface area contributed by atoms with Gasteiger partial charge < -0.3 is 0 Å². The summed E-state index contributed by atoms with van der Waals surface area (Å²) in [7, 11) is 0. The van der Waals surface area contributed by atoms with Gasteiger partial charge in [0, 0.05) is 17.1 Å². The fraction of sp³-hybridized carbons (Fsp3) is 0.250. The van der Waals surface area contributed by atoms with E-state index in [2.05, 4.69) is 67.4 Å². The van der Waals surface area contributed by atoms with Crippen molar-refractivity contribution in [3.05, 3.63) is 65.9 Å². The standard InChI is InChI=1S/C20H21N/c1-3-4-8-16-10-7-12-18(15(16)2)20-19-11-6-5-9-17(19)13-14-21-20/h5-7,9-14H,3-4,8H2,1-2H3. The van der Waals surface area contributed by atoms with Crippen molar-refractivity contribution in [2.45, 2.75) is 33.1 Å². The summed E-state index contributed by atoms with van der Waals surface area (Å²) in [6.45, 7) is 4.47. The van der Waals surface area contributed by atoms with Crippen LogP contribution in [0, 0.1) is 6.92 Å². The van der Waals surface area contributed by atoms with Crippen LogP contribution in [0.5, 0.6) is 0 Å². The van der Waals surface area contributed by atoms with Crippen LogP contribution < -0.4 is 0 Å². The molecule has 1 heteroatoms. The molecule has 1 aromatic heterocycles. The van der Waals surface area contributed by atoms with E-state index in [0.717, 1.165) is 12.1 Å². The van der Waals surface area contributed by atoms with Crippen molar-refractivity contribution >= 4 is 10.8 Å². The zero-order valence-electron chi connectivity index (χ0n) is 12.8. The molecule has 0 amide bonds. The van der Waals surface area contributed by atoms with E-state index in [9.17, 15) is 0 Å². The second-order valence-electron chi connectivity index (χ2n) is 5.57. The Hall–Kier alpha value is -2.15. The highest BCUT2D eigenvalue weighted by Crippen LogP contribution is 2.30. The zero-order chi connectivity index (χ0) is 14.7. The monoisotopic (exact) mass is 275 g/mol. The average Bonchev–Trinajstić information content (AvgIpc) is 2.53. The number of fused-ring (bicyclic) bond motifs is 1. The predicted octanol–water partition coefficient (Wildman–Crippen LogP) is 5.55. The number of rotatable bonds is 4. The number of pyridine rings is 1. The summed E-state index contributed by atoms with van der Waals surface area (Å²) in [5.41, 5.74) is 5.18. The third kappa shape index (κ3) is 2.69. The Morgan fingerprint density at radius 3 is 2.67 bits per heavy atom. The zero-order valence-corrected chi connectivity index (χ0v) is 12.8. The number of unbranched alkanes of at least 4 members (excludes halogenated alkanes) is 1. The molecular weight excluding hydrogens is 254 g/mol. The minimum absolute atomic E-state index is 1.10. The maximum atomic E-state index is 4.66. The Labute approximate surface area is 126 Å². The van der Waals surface area contributed by atoms with Gasteiger partial charge in [0.15, 0.2) is 0 Å². The second-order valence-corrected chi connectivity index (χ2v) is 5.57. The van der Waals surface area contributed by atoms with Crippen LogP contribution in [0.3, 0.4) is 0 Å². The summed E-state index contributed by atoms with van der Waals surface area (Å²) in [5.74, 6) is 0. The lowest BCUT2D eigenvalue weighted by Gasteiger charge is -2.12. The van der Waals surface area contributed by atoms with Crippen molar-refractivity contribution in [1.82, 2.24) is 4.98 Å². The first-order chi connectivity index (χ1) is 10.3. The van der Waals surface area contributed by atoms with Gasteiger partial charge in [0.2, 0.25) is 0 Å². The van der Waals surface area contributed by atoms with E-state index in [1.165, 1.54) is 40.3 Å². The smallest absolute Gasteiger partial charge is 0.0783 e. The molecule has 0 spiro atoms. The quantitative estimate of drug-likeness (QED) is 0.608. The lowest BCUT2D eigenvalue weighted by molar-refractivity contribution is 0.791. The topological polar surface area (TPSA) is 12.9 Å². The van der Waals surface area contributed by atoms with E-state index in [-0.39, 0.29) is 0 Å². The lowest BCUT2D eigenvalue weighted by Crippen LogP contribution is -1.95. The van der Waals surface area contributed by atoms with E-state index < -0.39 is 0 Å². The molecule has 0 aliphatic carbocycles. The number of aryl methyl sites for hydroxylation is 1. The highest BCUT2D eigenvalue weighted by atomic mass is 14.7. The Kier molecular flexibility index (Phi) is 4.01. The third-order valence-electron chi connectivity index (χ3n) is 4.17. The van der Waals surface area contributed by atoms with Gasteiger partial charge in [0.25, 0.3) is 0 Å². The van der Waals surface area contributed by atoms with Gasteiger partial charge in [0.1, 0.15) is 0 Å². The van der Waals surface area contributed by atoms with Gasteiger partial charge in [0.05, 0.1) is 5.69 Å². The van der Waals surface area contributed by atoms with Crippen LogP contribution in [0.25, 0.3) is 22.0 Å². The average molecular weight is 275 g/mol. The summed E-state index contributed by atoms with van der Waals surface area (Å²) in [4.78, 5) is 4.66. The molecule has 0 atom stereocenters. The minimum atomic E-state index is 1.10. The summed E-state index contributed by atoms with van der Waals surface area (Å²) in [6, 6.07) is 17.2. The number of benzene rings is 2. The molecule has 0 bridgehead atoms.